The van der Waals surface area contributed by atoms with E-state index in [0.717, 1.165) is 44.2 Å². The van der Waals surface area contributed by atoms with E-state index in [-0.39, 0.29) is 10.6 Å². The zero-order valence-corrected chi connectivity index (χ0v) is 12.6. The third-order valence-corrected chi connectivity index (χ3v) is 4.08. The van der Waals surface area contributed by atoms with Gasteiger partial charge in [-0.1, -0.05) is 0 Å². The normalized spacial score (nSPS) is 16.0. The number of anilines is 1. The Hall–Kier alpha value is -2.41. The lowest BCUT2D eigenvalue weighted by Crippen LogP contribution is -2.46. The molecule has 0 unspecified atom stereocenters. The molecule has 1 saturated heterocycles. The van der Waals surface area contributed by atoms with Crippen LogP contribution in [0, 0.1) is 10.1 Å². The zero-order chi connectivity index (χ0) is 15.5. The van der Waals surface area contributed by atoms with Crippen molar-refractivity contribution < 1.29 is 4.92 Å². The topological polar surface area (TPSA) is 67.4 Å². The average Bonchev–Trinajstić information content (AvgIpc) is 2.93. The molecule has 2 heterocycles. The third-order valence-electron chi connectivity index (χ3n) is 4.08. The Labute approximate surface area is 128 Å². The molecule has 22 heavy (non-hydrogen) atoms. The fraction of sp³-hybridized carbons (Fsp3) is 0.400. The fourth-order valence-electron chi connectivity index (χ4n) is 2.70. The van der Waals surface area contributed by atoms with Crippen molar-refractivity contribution in [1.29, 1.82) is 0 Å². The number of nitrogens with zero attached hydrogens (tertiary/aromatic N) is 5. The van der Waals surface area contributed by atoms with Crippen LogP contribution < -0.4 is 4.90 Å². The maximum atomic E-state index is 10.7. The quantitative estimate of drug-likeness (QED) is 0.634. The van der Waals surface area contributed by atoms with Gasteiger partial charge in [-0.15, -0.1) is 0 Å². The molecule has 7 heteroatoms. The van der Waals surface area contributed by atoms with E-state index in [2.05, 4.69) is 14.8 Å². The van der Waals surface area contributed by atoms with Gasteiger partial charge in [0.2, 0.25) is 0 Å². The van der Waals surface area contributed by atoms with Crippen LogP contribution in [0.15, 0.2) is 36.7 Å². The van der Waals surface area contributed by atoms with Gasteiger partial charge in [-0.2, -0.15) is 0 Å². The van der Waals surface area contributed by atoms with Crippen LogP contribution in [-0.4, -0.2) is 45.6 Å². The lowest BCUT2D eigenvalue weighted by atomic mass is 10.2. The number of hydrogen-bond donors (Lipinski definition) is 0. The first kappa shape index (κ1) is 14.5. The molecule has 0 saturated carbocycles. The molecule has 0 radical (unpaired) electrons. The summed E-state index contributed by atoms with van der Waals surface area (Å²) in [7, 11) is 2.01. The fourth-order valence-corrected chi connectivity index (χ4v) is 2.70. The van der Waals surface area contributed by atoms with Crippen LogP contribution in [0.5, 0.6) is 0 Å². The van der Waals surface area contributed by atoms with Crippen molar-refractivity contribution in [1.82, 2.24) is 14.5 Å². The van der Waals surface area contributed by atoms with Gasteiger partial charge in [0.1, 0.15) is 5.82 Å². The highest BCUT2D eigenvalue weighted by molar-refractivity contribution is 5.51. The summed E-state index contributed by atoms with van der Waals surface area (Å²) in [5.74, 6) is 1.07. The van der Waals surface area contributed by atoms with E-state index < -0.39 is 0 Å². The summed E-state index contributed by atoms with van der Waals surface area (Å²) in [6.07, 6.45) is 3.78. The summed E-state index contributed by atoms with van der Waals surface area (Å²) in [4.78, 5) is 19.3. The maximum Gasteiger partial charge on any atom is 0.269 e. The van der Waals surface area contributed by atoms with Crippen LogP contribution in [0.25, 0.3) is 0 Å². The summed E-state index contributed by atoms with van der Waals surface area (Å²) in [5.41, 5.74) is 1.18. The van der Waals surface area contributed by atoms with Crippen molar-refractivity contribution in [3.8, 4) is 0 Å². The van der Waals surface area contributed by atoms with Gasteiger partial charge in [-0.25, -0.2) is 4.98 Å². The number of aryl methyl sites for hydroxylation is 1. The number of piperazine rings is 1. The molecule has 0 bridgehead atoms. The molecule has 1 aromatic heterocycles. The molecule has 3 rings (SSSR count). The molecule has 7 nitrogen and oxygen atoms in total. The van der Waals surface area contributed by atoms with Crippen LogP contribution in [-0.2, 0) is 13.6 Å². The largest absolute Gasteiger partial charge is 0.369 e. The van der Waals surface area contributed by atoms with Gasteiger partial charge in [0, 0.05) is 63.4 Å². The van der Waals surface area contributed by atoms with Crippen molar-refractivity contribution in [3.05, 3.63) is 52.6 Å². The third kappa shape index (κ3) is 3.09. The number of hydrogen-bond acceptors (Lipinski definition) is 5. The smallest absolute Gasteiger partial charge is 0.269 e. The average molecular weight is 301 g/mol. The Bertz CT molecular complexity index is 644. The van der Waals surface area contributed by atoms with Crippen molar-refractivity contribution >= 4 is 11.4 Å². The van der Waals surface area contributed by atoms with Crippen molar-refractivity contribution in [2.75, 3.05) is 31.1 Å². The Morgan fingerprint density at radius 3 is 2.41 bits per heavy atom. The summed E-state index contributed by atoms with van der Waals surface area (Å²) in [5, 5.41) is 10.7. The minimum absolute atomic E-state index is 0.136. The van der Waals surface area contributed by atoms with E-state index in [1.165, 1.54) is 0 Å². The molecule has 0 N–H and O–H groups in total. The molecule has 1 aromatic carbocycles. The van der Waals surface area contributed by atoms with Gasteiger partial charge in [-0.3, -0.25) is 15.0 Å². The number of aromatic nitrogens is 2. The second kappa shape index (κ2) is 6.15. The monoisotopic (exact) mass is 301 g/mol. The molecule has 0 atom stereocenters. The first-order valence-electron chi connectivity index (χ1n) is 7.31. The number of rotatable bonds is 4. The zero-order valence-electron chi connectivity index (χ0n) is 12.6. The molecule has 0 spiro atoms. The second-order valence-electron chi connectivity index (χ2n) is 5.49. The first-order chi connectivity index (χ1) is 10.6. The molecular formula is C15H19N5O2. The van der Waals surface area contributed by atoms with Crippen LogP contribution in [0.4, 0.5) is 11.4 Å². The van der Waals surface area contributed by atoms with E-state index in [9.17, 15) is 10.1 Å². The number of nitro benzene ring substituents is 1. The van der Waals surface area contributed by atoms with Crippen LogP contribution in [0.1, 0.15) is 5.82 Å². The number of nitro groups is 1. The molecule has 1 aliphatic heterocycles. The van der Waals surface area contributed by atoms with E-state index in [1.807, 2.05) is 36.1 Å². The predicted octanol–water partition coefficient (Wildman–Crippen LogP) is 1.65. The van der Waals surface area contributed by atoms with Gasteiger partial charge in [-0.05, 0) is 12.1 Å². The highest BCUT2D eigenvalue weighted by atomic mass is 16.6. The van der Waals surface area contributed by atoms with E-state index in [1.54, 1.807) is 12.1 Å². The molecular weight excluding hydrogens is 282 g/mol. The highest BCUT2D eigenvalue weighted by Gasteiger charge is 2.19. The van der Waals surface area contributed by atoms with E-state index in [0.29, 0.717) is 0 Å². The summed E-state index contributed by atoms with van der Waals surface area (Å²) in [6.45, 7) is 4.62. The van der Waals surface area contributed by atoms with Gasteiger partial charge in [0.15, 0.2) is 0 Å². The molecule has 1 aliphatic rings. The standard InChI is InChI=1S/C15H19N5O2/c1-17-7-6-16-15(17)12-18-8-10-19(11-9-18)13-2-4-14(5-3-13)20(21)22/h2-7H,8-12H2,1H3. The van der Waals surface area contributed by atoms with Crippen molar-refractivity contribution in [2.24, 2.45) is 7.05 Å². The maximum absolute atomic E-state index is 10.7. The van der Waals surface area contributed by atoms with E-state index in [4.69, 9.17) is 0 Å². The molecule has 2 aromatic rings. The Morgan fingerprint density at radius 2 is 1.86 bits per heavy atom. The van der Waals surface area contributed by atoms with Crippen molar-refractivity contribution in [2.45, 2.75) is 6.54 Å². The van der Waals surface area contributed by atoms with Gasteiger partial charge < -0.3 is 9.47 Å². The highest BCUT2D eigenvalue weighted by Crippen LogP contribution is 2.20. The Morgan fingerprint density at radius 1 is 1.18 bits per heavy atom. The Kier molecular flexibility index (Phi) is 4.06. The number of non-ortho nitro benzene ring substituents is 1. The minimum Gasteiger partial charge on any atom is -0.369 e. The van der Waals surface area contributed by atoms with Gasteiger partial charge >= 0.3 is 0 Å². The summed E-state index contributed by atoms with van der Waals surface area (Å²) >= 11 is 0. The van der Waals surface area contributed by atoms with Gasteiger partial charge in [0.25, 0.3) is 5.69 Å². The summed E-state index contributed by atoms with van der Waals surface area (Å²) in [6, 6.07) is 6.78. The Balaban J connectivity index is 1.57. The van der Waals surface area contributed by atoms with Gasteiger partial charge in [0.05, 0.1) is 11.5 Å². The number of imidazole rings is 1. The predicted molar refractivity (Wildman–Crippen MR) is 83.8 cm³/mol. The minimum atomic E-state index is -0.366. The first-order valence-corrected chi connectivity index (χ1v) is 7.31. The molecule has 1 fully saturated rings. The lowest BCUT2D eigenvalue weighted by molar-refractivity contribution is -0.384. The molecule has 116 valence electrons. The molecule has 0 amide bonds. The van der Waals surface area contributed by atoms with Crippen molar-refractivity contribution in [3.63, 3.8) is 0 Å². The van der Waals surface area contributed by atoms with Crippen LogP contribution >= 0.6 is 0 Å². The second-order valence-corrected chi connectivity index (χ2v) is 5.49. The summed E-state index contributed by atoms with van der Waals surface area (Å²) < 4.78 is 2.04. The SMILES string of the molecule is Cn1ccnc1CN1CCN(c2ccc([N+](=O)[O-])cc2)CC1. The van der Waals surface area contributed by atoms with Crippen LogP contribution in [0.2, 0.25) is 0 Å². The number of benzene rings is 1. The van der Waals surface area contributed by atoms with Crippen LogP contribution in [0.3, 0.4) is 0 Å². The lowest BCUT2D eigenvalue weighted by Gasteiger charge is -2.35. The molecule has 0 aliphatic carbocycles. The van der Waals surface area contributed by atoms with E-state index >= 15 is 0 Å².